The van der Waals surface area contributed by atoms with Crippen molar-refractivity contribution >= 4 is 10.4 Å². The van der Waals surface area contributed by atoms with E-state index >= 15 is 0 Å². The lowest BCUT2D eigenvalue weighted by molar-refractivity contribution is -0.952. The van der Waals surface area contributed by atoms with Crippen LogP contribution in [0.3, 0.4) is 0 Å². The Morgan fingerprint density at radius 3 is 0.884 bits per heavy atom. The van der Waals surface area contributed by atoms with E-state index in [-0.39, 0.29) is 6.23 Å². The Morgan fingerprint density at radius 2 is 0.721 bits per heavy atom. The lowest BCUT2D eigenvalue weighted by Crippen LogP contribution is -2.52. The van der Waals surface area contributed by atoms with E-state index < -0.39 is 10.4 Å². The normalized spacial score (nSPS) is 12.7. The molecule has 0 saturated heterocycles. The fourth-order valence-corrected chi connectivity index (χ4v) is 5.82. The Balaban J connectivity index is 0. The first-order valence-corrected chi connectivity index (χ1v) is 20.0. The summed E-state index contributed by atoms with van der Waals surface area (Å²) in [5, 5.41) is 10.5. The molecule has 0 aliphatic heterocycles. The second kappa shape index (κ2) is 33.2. The Hall–Kier alpha value is -0.210. The van der Waals surface area contributed by atoms with Crippen molar-refractivity contribution in [1.29, 1.82) is 0 Å². The van der Waals surface area contributed by atoms with Gasteiger partial charge in [0.25, 0.3) is 0 Å². The number of nitrogens with zero attached hydrogens (tertiary/aromatic N) is 1. The number of rotatable bonds is 32. The highest BCUT2D eigenvalue weighted by molar-refractivity contribution is 7.80. The maximum Gasteiger partial charge on any atom is 0.217 e. The molecule has 0 saturated carbocycles. The Morgan fingerprint density at radius 1 is 0.535 bits per heavy atom. The van der Waals surface area contributed by atoms with Gasteiger partial charge in [0.15, 0.2) is 6.23 Å². The third-order valence-corrected chi connectivity index (χ3v) is 9.56. The molecule has 0 radical (unpaired) electrons. The summed E-state index contributed by atoms with van der Waals surface area (Å²) in [6.07, 6.45) is 39.3. The van der Waals surface area contributed by atoms with Crippen LogP contribution in [0.4, 0.5) is 0 Å². The molecule has 0 aromatic heterocycles. The lowest BCUT2D eigenvalue weighted by Gasteiger charge is -2.37. The summed E-state index contributed by atoms with van der Waals surface area (Å²) in [5.41, 5.74) is 0. The molecule has 6 nitrogen and oxygen atoms in total. The van der Waals surface area contributed by atoms with Gasteiger partial charge in [0.1, 0.15) is 0 Å². The van der Waals surface area contributed by atoms with Gasteiger partial charge in [-0.2, -0.15) is 0 Å². The van der Waals surface area contributed by atoms with Crippen molar-refractivity contribution in [3.63, 3.8) is 0 Å². The lowest BCUT2D eigenvalue weighted by atomic mass is 10.0. The zero-order chi connectivity index (χ0) is 32.5. The molecule has 7 heteroatoms. The fraction of sp³-hybridized carbons (Fsp3) is 1.00. The maximum absolute atomic E-state index is 10.5. The average Bonchev–Trinajstić information content (AvgIpc) is 2.97. The third-order valence-electron chi connectivity index (χ3n) is 9.15. The monoisotopic (exact) mass is 636 g/mol. The first kappa shape index (κ1) is 44.9. The van der Waals surface area contributed by atoms with E-state index in [0.717, 1.165) is 24.7 Å². The molecule has 0 aliphatic rings. The van der Waals surface area contributed by atoms with E-state index in [1.54, 1.807) is 0 Å². The van der Waals surface area contributed by atoms with Crippen LogP contribution in [-0.4, -0.2) is 56.0 Å². The van der Waals surface area contributed by atoms with Crippen LogP contribution in [0.25, 0.3) is 0 Å². The summed E-state index contributed by atoms with van der Waals surface area (Å²) < 4.78 is 31.9. The SMILES string of the molecule is CCCCCCCCCCCCCCCC[N+](C)(CCCCCCCCCCCCCCCC)C(C)O.COS(=O)(=O)[O-]. The molecule has 0 rings (SSSR count). The molecule has 262 valence electrons. The van der Waals surface area contributed by atoms with E-state index in [1.807, 2.05) is 6.92 Å². The van der Waals surface area contributed by atoms with Crippen LogP contribution in [0, 0.1) is 0 Å². The van der Waals surface area contributed by atoms with Crippen LogP contribution in [0.5, 0.6) is 0 Å². The van der Waals surface area contributed by atoms with E-state index in [4.69, 9.17) is 0 Å². The van der Waals surface area contributed by atoms with Gasteiger partial charge in [-0.25, -0.2) is 8.42 Å². The predicted octanol–water partition coefficient (Wildman–Crippen LogP) is 10.8. The van der Waals surface area contributed by atoms with Crippen molar-refractivity contribution in [3.8, 4) is 0 Å². The topological polar surface area (TPSA) is 86.7 Å². The van der Waals surface area contributed by atoms with Gasteiger partial charge in [-0.05, 0) is 25.7 Å². The van der Waals surface area contributed by atoms with Crippen LogP contribution in [0.2, 0.25) is 0 Å². The summed E-state index contributed by atoms with van der Waals surface area (Å²) in [7, 11) is -1.32. The van der Waals surface area contributed by atoms with Crippen LogP contribution >= 0.6 is 0 Å². The molecule has 0 spiro atoms. The summed E-state index contributed by atoms with van der Waals surface area (Å²) in [6, 6.07) is 0. The highest BCUT2D eigenvalue weighted by Gasteiger charge is 2.26. The van der Waals surface area contributed by atoms with Crippen molar-refractivity contribution in [2.24, 2.45) is 0 Å². The molecule has 43 heavy (non-hydrogen) atoms. The minimum atomic E-state index is -4.41. The number of unbranched alkanes of at least 4 members (excludes halogenated alkanes) is 26. The molecule has 0 aliphatic carbocycles. The third kappa shape index (κ3) is 36.1. The van der Waals surface area contributed by atoms with E-state index in [2.05, 4.69) is 25.1 Å². The van der Waals surface area contributed by atoms with Crippen molar-refractivity contribution in [2.45, 2.75) is 207 Å². The Labute approximate surface area is 270 Å². The van der Waals surface area contributed by atoms with E-state index in [0.29, 0.717) is 0 Å². The van der Waals surface area contributed by atoms with Gasteiger partial charge < -0.3 is 14.1 Å². The van der Waals surface area contributed by atoms with Crippen molar-refractivity contribution < 1.29 is 26.7 Å². The predicted molar refractivity (Wildman–Crippen MR) is 185 cm³/mol. The van der Waals surface area contributed by atoms with Crippen molar-refractivity contribution in [1.82, 2.24) is 0 Å². The molecule has 0 heterocycles. The second-order valence-electron chi connectivity index (χ2n) is 13.3. The zero-order valence-corrected chi connectivity index (χ0v) is 30.5. The van der Waals surface area contributed by atoms with Crippen LogP contribution in [0.1, 0.15) is 201 Å². The largest absolute Gasteiger partial charge is 0.726 e. The first-order valence-electron chi connectivity index (χ1n) is 18.7. The summed E-state index contributed by atoms with van der Waals surface area (Å²) in [6.45, 7) is 8.90. The average molecular weight is 636 g/mol. The van der Waals surface area contributed by atoms with E-state index in [9.17, 15) is 18.1 Å². The smallest absolute Gasteiger partial charge is 0.217 e. The Bertz CT molecular complexity index is 610. The highest BCUT2D eigenvalue weighted by Crippen LogP contribution is 2.18. The van der Waals surface area contributed by atoms with Crippen LogP contribution in [-0.2, 0) is 14.6 Å². The molecular weight excluding hydrogens is 558 g/mol. The minimum absolute atomic E-state index is 0.232. The molecule has 1 atom stereocenters. The van der Waals surface area contributed by atoms with Gasteiger partial charge in [0.2, 0.25) is 10.4 Å². The number of quaternary nitrogens is 1. The van der Waals surface area contributed by atoms with Crippen molar-refractivity contribution in [2.75, 3.05) is 27.2 Å². The number of hydrogen-bond donors (Lipinski definition) is 1. The maximum atomic E-state index is 10.5. The second-order valence-corrected chi connectivity index (χ2v) is 14.5. The quantitative estimate of drug-likeness (QED) is 0.0261. The van der Waals surface area contributed by atoms with Gasteiger partial charge in [-0.1, -0.05) is 168 Å². The van der Waals surface area contributed by atoms with Gasteiger partial charge in [-0.15, -0.1) is 0 Å². The number of hydrogen-bond acceptors (Lipinski definition) is 5. The van der Waals surface area contributed by atoms with Crippen molar-refractivity contribution in [3.05, 3.63) is 0 Å². The zero-order valence-electron chi connectivity index (χ0n) is 29.7. The molecule has 0 fully saturated rings. The molecule has 0 aromatic carbocycles. The highest BCUT2D eigenvalue weighted by atomic mass is 32.3. The number of aliphatic hydroxyl groups is 1. The molecule has 0 aromatic rings. The number of aliphatic hydroxyl groups excluding tert-OH is 1. The van der Waals surface area contributed by atoms with Crippen LogP contribution < -0.4 is 0 Å². The van der Waals surface area contributed by atoms with Gasteiger partial charge >= 0.3 is 0 Å². The fourth-order valence-electron chi connectivity index (χ4n) is 5.82. The molecule has 0 bridgehead atoms. The summed E-state index contributed by atoms with van der Waals surface area (Å²) in [5.74, 6) is 0. The molecule has 1 N–H and O–H groups in total. The van der Waals surface area contributed by atoms with Gasteiger partial charge in [0, 0.05) is 6.92 Å². The molecule has 0 amide bonds. The van der Waals surface area contributed by atoms with Gasteiger partial charge in [0.05, 0.1) is 27.2 Å². The summed E-state index contributed by atoms with van der Waals surface area (Å²) >= 11 is 0. The minimum Gasteiger partial charge on any atom is -0.726 e. The first-order chi connectivity index (χ1) is 20.6. The van der Waals surface area contributed by atoms with Gasteiger partial charge in [-0.3, -0.25) is 4.18 Å². The van der Waals surface area contributed by atoms with E-state index in [1.165, 1.54) is 180 Å². The standard InChI is InChI=1S/C35H74NO.CH4O4S/c1-5-7-9-11-13-15-17-19-21-23-25-27-29-31-33-36(4,35(3)37)34-32-30-28-26-24-22-20-18-16-14-12-10-8-6-2;1-5-6(2,3)4/h35,37H,5-34H2,1-4H3;1H3,(H,2,3,4)/q+1;/p-1. The Kier molecular flexibility index (Phi) is 34.6. The molecular formula is C36H77NO5S. The molecule has 1 unspecified atom stereocenters. The van der Waals surface area contributed by atoms with Crippen LogP contribution in [0.15, 0.2) is 0 Å². The summed E-state index contributed by atoms with van der Waals surface area (Å²) in [4.78, 5) is 0.